The molecule has 4 fully saturated rings. The van der Waals surface area contributed by atoms with Crippen molar-refractivity contribution in [3.63, 3.8) is 0 Å². The smallest absolute Gasteiger partial charge is 0.233 e. The number of carbonyl (C=O) groups excluding carboxylic acids is 3. The molecule has 1 heterocycles. The van der Waals surface area contributed by atoms with Crippen LogP contribution in [0.1, 0.15) is 43.2 Å². The van der Waals surface area contributed by atoms with Gasteiger partial charge in [0.1, 0.15) is 0 Å². The van der Waals surface area contributed by atoms with E-state index in [9.17, 15) is 14.4 Å². The number of amides is 3. The minimum absolute atomic E-state index is 0.0357. The van der Waals surface area contributed by atoms with Gasteiger partial charge in [-0.1, -0.05) is 29.8 Å². The summed E-state index contributed by atoms with van der Waals surface area (Å²) in [6.07, 6.45) is 8.56. The zero-order valence-electron chi connectivity index (χ0n) is 18.2. The molecular weight excluding hydrogens is 388 g/mol. The number of benzene rings is 1. The van der Waals surface area contributed by atoms with Crippen LogP contribution in [-0.2, 0) is 14.4 Å². The first-order valence-corrected chi connectivity index (χ1v) is 11.9. The fraction of sp³-hybridized carbons (Fsp3) is 0.577. The molecule has 2 bridgehead atoms. The van der Waals surface area contributed by atoms with Crippen LogP contribution in [-0.4, -0.2) is 28.7 Å². The Morgan fingerprint density at radius 2 is 1.55 bits per heavy atom. The Labute approximate surface area is 183 Å². The van der Waals surface area contributed by atoms with Gasteiger partial charge in [-0.3, -0.25) is 19.3 Å². The zero-order valence-corrected chi connectivity index (χ0v) is 18.2. The second-order valence-electron chi connectivity index (χ2n) is 10.5. The van der Waals surface area contributed by atoms with Gasteiger partial charge < -0.3 is 5.32 Å². The van der Waals surface area contributed by atoms with Gasteiger partial charge in [0.25, 0.3) is 0 Å². The molecule has 3 saturated carbocycles. The maximum absolute atomic E-state index is 13.3. The van der Waals surface area contributed by atoms with Crippen LogP contribution in [0.2, 0.25) is 0 Å². The molecule has 0 radical (unpaired) electrons. The largest absolute Gasteiger partial charge is 0.326 e. The van der Waals surface area contributed by atoms with Crippen molar-refractivity contribution >= 4 is 23.4 Å². The standard InChI is InChI=1S/C26H30N2O3/c1-13-3-10-21(14(2)11-13)27-24(29)15-4-6-16(7-5-15)28-25(30)22-17-8-9-18(20-12-19(17)20)23(22)26(28)31/h3,8-11,15-20,22-23H,4-7,12H2,1-2H3,(H,27,29)/t15?,16?,17-,18-,19-,20-,22-,23+/m0/s1. The summed E-state index contributed by atoms with van der Waals surface area (Å²) in [5, 5.41) is 3.08. The predicted molar refractivity (Wildman–Crippen MR) is 117 cm³/mol. The Morgan fingerprint density at radius 3 is 2.13 bits per heavy atom. The third-order valence-electron chi connectivity index (χ3n) is 8.77. The predicted octanol–water partition coefficient (Wildman–Crippen LogP) is 3.85. The molecule has 0 unspecified atom stereocenters. The molecule has 1 saturated heterocycles. The van der Waals surface area contributed by atoms with E-state index in [4.69, 9.17) is 0 Å². The highest BCUT2D eigenvalue weighted by atomic mass is 16.2. The second-order valence-corrected chi connectivity index (χ2v) is 10.5. The Morgan fingerprint density at radius 1 is 0.935 bits per heavy atom. The van der Waals surface area contributed by atoms with E-state index in [-0.39, 0.29) is 53.4 Å². The number of carbonyl (C=O) groups is 3. The third kappa shape index (κ3) is 2.85. The van der Waals surface area contributed by atoms with Crippen LogP contribution in [0.25, 0.3) is 0 Å². The van der Waals surface area contributed by atoms with Gasteiger partial charge in [-0.15, -0.1) is 0 Å². The number of hydrogen-bond acceptors (Lipinski definition) is 3. The summed E-state index contributed by atoms with van der Waals surface area (Å²) < 4.78 is 0. The molecule has 6 atom stereocenters. The van der Waals surface area contributed by atoms with Crippen LogP contribution in [0.4, 0.5) is 5.69 Å². The maximum atomic E-state index is 13.3. The Bertz CT molecular complexity index is 970. The lowest BCUT2D eigenvalue weighted by Crippen LogP contribution is -2.44. The van der Waals surface area contributed by atoms with Gasteiger partial charge in [-0.05, 0) is 81.3 Å². The third-order valence-corrected chi connectivity index (χ3v) is 8.77. The normalized spacial score (nSPS) is 40.0. The van der Waals surface area contributed by atoms with Crippen LogP contribution in [0.5, 0.6) is 0 Å². The summed E-state index contributed by atoms with van der Waals surface area (Å²) in [6, 6.07) is 6.01. The number of imide groups is 1. The molecule has 162 valence electrons. The van der Waals surface area contributed by atoms with Gasteiger partial charge in [0.15, 0.2) is 0 Å². The number of hydrogen-bond donors (Lipinski definition) is 1. The van der Waals surface area contributed by atoms with Gasteiger partial charge in [-0.2, -0.15) is 0 Å². The summed E-state index contributed by atoms with van der Waals surface area (Å²) in [6.45, 7) is 4.05. The van der Waals surface area contributed by atoms with Crippen molar-refractivity contribution < 1.29 is 14.4 Å². The van der Waals surface area contributed by atoms with E-state index in [1.807, 2.05) is 26.0 Å². The second kappa shape index (κ2) is 6.78. The molecule has 6 aliphatic rings. The number of likely N-dealkylation sites (tertiary alicyclic amines) is 1. The van der Waals surface area contributed by atoms with E-state index < -0.39 is 0 Å². The average Bonchev–Trinajstić information content (AvgIpc) is 3.54. The molecule has 0 spiro atoms. The van der Waals surface area contributed by atoms with Crippen LogP contribution in [0.3, 0.4) is 0 Å². The quantitative estimate of drug-likeness (QED) is 0.599. The van der Waals surface area contributed by atoms with Crippen molar-refractivity contribution in [3.8, 4) is 0 Å². The molecule has 1 aliphatic heterocycles. The molecule has 5 aliphatic carbocycles. The van der Waals surface area contributed by atoms with E-state index in [2.05, 4.69) is 23.5 Å². The SMILES string of the molecule is Cc1ccc(NC(=O)C2CCC(N3C(=O)[C@@H]4[C@H]5C=C[C@@H]([C@@H]6C[C@@H]56)[C@@H]4C3=O)CC2)c(C)c1. The average molecular weight is 419 g/mol. The Hall–Kier alpha value is -2.43. The summed E-state index contributed by atoms with van der Waals surface area (Å²) in [5.41, 5.74) is 3.12. The zero-order chi connectivity index (χ0) is 21.4. The highest BCUT2D eigenvalue weighted by Gasteiger charge is 2.67. The van der Waals surface area contributed by atoms with Gasteiger partial charge in [0, 0.05) is 17.6 Å². The van der Waals surface area contributed by atoms with Crippen molar-refractivity contribution in [2.75, 3.05) is 5.32 Å². The Balaban J connectivity index is 1.11. The molecule has 5 heteroatoms. The number of allylic oxidation sites excluding steroid dienone is 2. The maximum Gasteiger partial charge on any atom is 0.233 e. The monoisotopic (exact) mass is 418 g/mol. The minimum atomic E-state index is -0.114. The fourth-order valence-corrected chi connectivity index (χ4v) is 7.12. The summed E-state index contributed by atoms with van der Waals surface area (Å²) >= 11 is 0. The molecule has 31 heavy (non-hydrogen) atoms. The van der Waals surface area contributed by atoms with Crippen molar-refractivity contribution in [2.24, 2.45) is 41.4 Å². The summed E-state index contributed by atoms with van der Waals surface area (Å²) in [5.74, 6) is 1.75. The summed E-state index contributed by atoms with van der Waals surface area (Å²) in [4.78, 5) is 41.1. The molecule has 5 nitrogen and oxygen atoms in total. The number of anilines is 1. The molecule has 1 N–H and O–H groups in total. The van der Waals surface area contributed by atoms with Crippen molar-refractivity contribution in [1.82, 2.24) is 4.90 Å². The minimum Gasteiger partial charge on any atom is -0.326 e. The number of aryl methyl sites for hydroxylation is 2. The van der Waals surface area contributed by atoms with Crippen LogP contribution < -0.4 is 5.32 Å². The number of nitrogens with one attached hydrogen (secondary N) is 1. The van der Waals surface area contributed by atoms with E-state index in [1.165, 1.54) is 12.0 Å². The lowest BCUT2D eigenvalue weighted by Gasteiger charge is -2.37. The van der Waals surface area contributed by atoms with Gasteiger partial charge in [0.2, 0.25) is 17.7 Å². The van der Waals surface area contributed by atoms with Crippen LogP contribution in [0.15, 0.2) is 30.4 Å². The van der Waals surface area contributed by atoms with Gasteiger partial charge in [-0.25, -0.2) is 0 Å². The molecule has 1 aromatic rings. The Kier molecular flexibility index (Phi) is 4.22. The number of nitrogens with zero attached hydrogens (tertiary/aromatic N) is 1. The van der Waals surface area contributed by atoms with Gasteiger partial charge >= 0.3 is 0 Å². The highest BCUT2D eigenvalue weighted by Crippen LogP contribution is 2.65. The van der Waals surface area contributed by atoms with Crippen molar-refractivity contribution in [3.05, 3.63) is 41.5 Å². The van der Waals surface area contributed by atoms with E-state index in [0.29, 0.717) is 11.8 Å². The van der Waals surface area contributed by atoms with Crippen molar-refractivity contribution in [1.29, 1.82) is 0 Å². The molecule has 1 aromatic carbocycles. The first-order chi connectivity index (χ1) is 14.9. The van der Waals surface area contributed by atoms with E-state index in [1.54, 1.807) is 4.90 Å². The molecular formula is C26H30N2O3. The first-order valence-electron chi connectivity index (χ1n) is 11.9. The van der Waals surface area contributed by atoms with Crippen LogP contribution >= 0.6 is 0 Å². The molecule has 0 aromatic heterocycles. The molecule has 7 rings (SSSR count). The lowest BCUT2D eigenvalue weighted by atomic mass is 9.63. The van der Waals surface area contributed by atoms with E-state index >= 15 is 0 Å². The van der Waals surface area contributed by atoms with Gasteiger partial charge in [0.05, 0.1) is 11.8 Å². The van der Waals surface area contributed by atoms with E-state index in [0.717, 1.165) is 36.9 Å². The van der Waals surface area contributed by atoms with Crippen molar-refractivity contribution in [2.45, 2.75) is 52.0 Å². The topological polar surface area (TPSA) is 66.5 Å². The summed E-state index contributed by atoms with van der Waals surface area (Å²) in [7, 11) is 0. The highest BCUT2D eigenvalue weighted by molar-refractivity contribution is 6.06. The van der Waals surface area contributed by atoms with Crippen LogP contribution in [0, 0.1) is 55.3 Å². The molecule has 3 amide bonds. The first kappa shape index (κ1) is 19.3. The number of rotatable bonds is 3. The lowest BCUT2D eigenvalue weighted by molar-refractivity contribution is -0.144. The fourth-order valence-electron chi connectivity index (χ4n) is 7.12.